The Labute approximate surface area is 158 Å². The number of aryl methyl sites for hydroxylation is 1. The molecular weight excluding hydrogens is 373 g/mol. The van der Waals surface area contributed by atoms with Crippen LogP contribution in [0.3, 0.4) is 0 Å². The van der Waals surface area contributed by atoms with E-state index >= 15 is 0 Å². The number of hydrogen-bond acceptors (Lipinski definition) is 6. The van der Waals surface area contributed by atoms with E-state index in [1.165, 1.54) is 6.33 Å². The standard InChI is InChI=1S/C17H13Cl2N7/c1-8-5-12(21-6-11(8)20)24-16-14-17(23-7-22-16)26-15(25-14)13-9(18)3-2-4-10(13)19/h2-7H,20H2,1H3,(H2,21,22,23,24,25,26). The number of imidazole rings is 1. The number of H-pyrrole nitrogens is 1. The lowest BCUT2D eigenvalue weighted by atomic mass is 10.2. The number of pyridine rings is 1. The first-order chi connectivity index (χ1) is 12.5. The third kappa shape index (κ3) is 2.91. The number of nitrogens with one attached hydrogen (secondary N) is 2. The van der Waals surface area contributed by atoms with Crippen LogP contribution in [0.25, 0.3) is 22.6 Å². The first-order valence-corrected chi connectivity index (χ1v) is 8.43. The van der Waals surface area contributed by atoms with Crippen molar-refractivity contribution in [1.29, 1.82) is 0 Å². The summed E-state index contributed by atoms with van der Waals surface area (Å²) in [5.74, 6) is 1.66. The second-order valence-electron chi connectivity index (χ2n) is 5.65. The second kappa shape index (κ2) is 6.44. The molecule has 0 unspecified atom stereocenters. The van der Waals surface area contributed by atoms with E-state index in [9.17, 15) is 0 Å². The summed E-state index contributed by atoms with van der Waals surface area (Å²) < 4.78 is 0. The van der Waals surface area contributed by atoms with Gasteiger partial charge in [-0.15, -0.1) is 0 Å². The zero-order chi connectivity index (χ0) is 18.3. The number of aromatic amines is 1. The molecule has 0 amide bonds. The molecule has 0 bridgehead atoms. The highest BCUT2D eigenvalue weighted by atomic mass is 35.5. The minimum Gasteiger partial charge on any atom is -0.397 e. The molecule has 0 saturated heterocycles. The summed E-state index contributed by atoms with van der Waals surface area (Å²) in [4.78, 5) is 20.4. The molecule has 7 nitrogen and oxygen atoms in total. The monoisotopic (exact) mass is 385 g/mol. The molecule has 1 aromatic carbocycles. The number of nitrogen functional groups attached to an aromatic ring is 1. The molecule has 0 spiro atoms. The van der Waals surface area contributed by atoms with Crippen LogP contribution in [-0.2, 0) is 0 Å². The van der Waals surface area contributed by atoms with Gasteiger partial charge in [-0.05, 0) is 30.7 Å². The van der Waals surface area contributed by atoms with Crippen LogP contribution in [0.15, 0.2) is 36.8 Å². The number of benzene rings is 1. The van der Waals surface area contributed by atoms with Crippen LogP contribution >= 0.6 is 23.2 Å². The van der Waals surface area contributed by atoms with E-state index in [4.69, 9.17) is 28.9 Å². The Morgan fingerprint density at radius 3 is 2.62 bits per heavy atom. The minimum absolute atomic E-state index is 0.487. The van der Waals surface area contributed by atoms with Gasteiger partial charge in [0.25, 0.3) is 0 Å². The smallest absolute Gasteiger partial charge is 0.183 e. The molecule has 0 fully saturated rings. The summed E-state index contributed by atoms with van der Waals surface area (Å²) in [6.45, 7) is 1.91. The highest BCUT2D eigenvalue weighted by Crippen LogP contribution is 2.34. The molecule has 0 radical (unpaired) electrons. The lowest BCUT2D eigenvalue weighted by Gasteiger charge is -2.07. The van der Waals surface area contributed by atoms with E-state index in [0.717, 1.165) is 5.56 Å². The van der Waals surface area contributed by atoms with Crippen molar-refractivity contribution in [3.05, 3.63) is 52.4 Å². The molecule has 0 aliphatic carbocycles. The van der Waals surface area contributed by atoms with Gasteiger partial charge in [0, 0.05) is 0 Å². The predicted molar refractivity (Wildman–Crippen MR) is 104 cm³/mol. The fourth-order valence-electron chi connectivity index (χ4n) is 2.52. The maximum absolute atomic E-state index is 6.28. The Morgan fingerprint density at radius 2 is 1.88 bits per heavy atom. The average Bonchev–Trinajstić information content (AvgIpc) is 3.03. The minimum atomic E-state index is 0.487. The molecule has 0 saturated carbocycles. The number of nitrogens with zero attached hydrogens (tertiary/aromatic N) is 4. The summed E-state index contributed by atoms with van der Waals surface area (Å²) in [6.07, 6.45) is 3.02. The summed E-state index contributed by atoms with van der Waals surface area (Å²) >= 11 is 12.6. The number of aromatic nitrogens is 5. The van der Waals surface area contributed by atoms with Crippen LogP contribution in [0.2, 0.25) is 10.0 Å². The van der Waals surface area contributed by atoms with Gasteiger partial charge in [0.05, 0.1) is 27.5 Å². The number of nitrogens with two attached hydrogens (primary N) is 1. The third-order valence-electron chi connectivity index (χ3n) is 3.89. The molecule has 0 aliphatic heterocycles. The maximum atomic E-state index is 6.28. The van der Waals surface area contributed by atoms with Gasteiger partial charge in [-0.3, -0.25) is 0 Å². The first kappa shape index (κ1) is 16.6. The topological polar surface area (TPSA) is 105 Å². The van der Waals surface area contributed by atoms with Gasteiger partial charge in [-0.2, -0.15) is 0 Å². The molecule has 4 N–H and O–H groups in total. The molecule has 26 heavy (non-hydrogen) atoms. The van der Waals surface area contributed by atoms with Crippen LogP contribution in [0.5, 0.6) is 0 Å². The second-order valence-corrected chi connectivity index (χ2v) is 6.47. The Kier molecular flexibility index (Phi) is 4.10. The van der Waals surface area contributed by atoms with Crippen LogP contribution in [-0.4, -0.2) is 24.9 Å². The van der Waals surface area contributed by atoms with Crippen molar-refractivity contribution >= 4 is 51.7 Å². The number of hydrogen-bond donors (Lipinski definition) is 3. The van der Waals surface area contributed by atoms with Crippen LogP contribution in [0.4, 0.5) is 17.3 Å². The third-order valence-corrected chi connectivity index (χ3v) is 4.52. The molecule has 9 heteroatoms. The van der Waals surface area contributed by atoms with Crippen LogP contribution < -0.4 is 11.1 Å². The molecular formula is C17H13Cl2N7. The van der Waals surface area contributed by atoms with Crippen molar-refractivity contribution in [2.45, 2.75) is 6.92 Å². The van der Waals surface area contributed by atoms with Crippen molar-refractivity contribution in [3.63, 3.8) is 0 Å². The van der Waals surface area contributed by atoms with E-state index < -0.39 is 0 Å². The normalized spacial score (nSPS) is 11.0. The molecule has 3 aromatic heterocycles. The maximum Gasteiger partial charge on any atom is 0.183 e. The summed E-state index contributed by atoms with van der Waals surface area (Å²) in [7, 11) is 0. The van der Waals surface area contributed by atoms with Crippen LogP contribution in [0, 0.1) is 6.92 Å². The zero-order valence-electron chi connectivity index (χ0n) is 13.6. The zero-order valence-corrected chi connectivity index (χ0v) is 15.1. The fraction of sp³-hybridized carbons (Fsp3) is 0.0588. The van der Waals surface area contributed by atoms with E-state index in [2.05, 4.69) is 30.2 Å². The quantitative estimate of drug-likeness (QED) is 0.483. The number of rotatable bonds is 3. The van der Waals surface area contributed by atoms with Gasteiger partial charge in [-0.1, -0.05) is 29.3 Å². The largest absolute Gasteiger partial charge is 0.397 e. The van der Waals surface area contributed by atoms with E-state index in [0.29, 0.717) is 49.9 Å². The molecule has 0 atom stereocenters. The lowest BCUT2D eigenvalue weighted by molar-refractivity contribution is 1.18. The number of anilines is 3. The van der Waals surface area contributed by atoms with Crippen LogP contribution in [0.1, 0.15) is 5.56 Å². The summed E-state index contributed by atoms with van der Waals surface area (Å²) in [6, 6.07) is 7.12. The van der Waals surface area contributed by atoms with Crippen molar-refractivity contribution in [1.82, 2.24) is 24.9 Å². The SMILES string of the molecule is Cc1cc(Nc2ncnc3nc(-c4c(Cl)cccc4Cl)[nH]c23)ncc1N. The van der Waals surface area contributed by atoms with Gasteiger partial charge in [0.15, 0.2) is 11.5 Å². The van der Waals surface area contributed by atoms with E-state index in [1.54, 1.807) is 24.4 Å². The summed E-state index contributed by atoms with van der Waals surface area (Å²) in [5, 5.41) is 4.14. The van der Waals surface area contributed by atoms with Gasteiger partial charge in [0.2, 0.25) is 0 Å². The molecule has 0 aliphatic rings. The van der Waals surface area contributed by atoms with Gasteiger partial charge < -0.3 is 16.0 Å². The van der Waals surface area contributed by atoms with Crippen molar-refractivity contribution in [2.24, 2.45) is 0 Å². The van der Waals surface area contributed by atoms with Gasteiger partial charge in [0.1, 0.15) is 23.5 Å². The van der Waals surface area contributed by atoms with Crippen molar-refractivity contribution in [3.8, 4) is 11.4 Å². The Hall–Kier alpha value is -2.90. The lowest BCUT2D eigenvalue weighted by Crippen LogP contribution is -2.00. The Bertz CT molecular complexity index is 1100. The fourth-order valence-corrected chi connectivity index (χ4v) is 3.10. The van der Waals surface area contributed by atoms with E-state index in [1.807, 2.05) is 13.0 Å². The highest BCUT2D eigenvalue weighted by molar-refractivity contribution is 6.39. The van der Waals surface area contributed by atoms with Crippen molar-refractivity contribution < 1.29 is 0 Å². The predicted octanol–water partition coefficient (Wildman–Crippen LogP) is 4.36. The van der Waals surface area contributed by atoms with Crippen molar-refractivity contribution in [2.75, 3.05) is 11.1 Å². The Morgan fingerprint density at radius 1 is 1.12 bits per heavy atom. The first-order valence-electron chi connectivity index (χ1n) is 7.67. The Balaban J connectivity index is 1.80. The molecule has 3 heterocycles. The van der Waals surface area contributed by atoms with Gasteiger partial charge in [-0.25, -0.2) is 19.9 Å². The summed E-state index contributed by atoms with van der Waals surface area (Å²) in [5.41, 5.74) is 9.07. The molecule has 4 aromatic rings. The number of fused-ring (bicyclic) bond motifs is 1. The highest BCUT2D eigenvalue weighted by Gasteiger charge is 2.16. The average molecular weight is 386 g/mol. The molecule has 4 rings (SSSR count). The molecule has 130 valence electrons. The van der Waals surface area contributed by atoms with E-state index in [-0.39, 0.29) is 0 Å². The van der Waals surface area contributed by atoms with Gasteiger partial charge >= 0.3 is 0 Å². The number of halogens is 2.